The van der Waals surface area contributed by atoms with Crippen molar-refractivity contribution in [3.05, 3.63) is 71.8 Å². The van der Waals surface area contributed by atoms with E-state index < -0.39 is 0 Å². The van der Waals surface area contributed by atoms with Gasteiger partial charge in [0.05, 0.1) is 19.8 Å². The van der Waals surface area contributed by atoms with E-state index in [1.54, 1.807) is 48.5 Å². The minimum atomic E-state index is -0.0978. The lowest BCUT2D eigenvalue weighted by atomic mass is 9.92. The Morgan fingerprint density at radius 1 is 0.600 bits per heavy atom. The zero-order valence-electron chi connectivity index (χ0n) is 19.8. The fraction of sp³-hybridized carbons (Fsp3) is 0.143. The monoisotopic (exact) mass is 474 g/mol. The van der Waals surface area contributed by atoms with Gasteiger partial charge in [0, 0.05) is 11.6 Å². The van der Waals surface area contributed by atoms with Gasteiger partial charge < -0.3 is 34.6 Å². The van der Waals surface area contributed by atoms with Crippen LogP contribution in [-0.2, 0) is 0 Å². The van der Waals surface area contributed by atoms with Crippen LogP contribution in [-0.4, -0.2) is 34.6 Å². The lowest BCUT2D eigenvalue weighted by Gasteiger charge is -2.21. The topological polar surface area (TPSA) is 109 Å². The maximum Gasteiger partial charge on any atom is 0.172 e. The van der Waals surface area contributed by atoms with Crippen LogP contribution in [0.5, 0.6) is 46.0 Å². The first-order valence-corrected chi connectivity index (χ1v) is 10.8. The molecule has 0 bridgehead atoms. The predicted molar refractivity (Wildman–Crippen MR) is 133 cm³/mol. The molecule has 0 unspecified atom stereocenters. The van der Waals surface area contributed by atoms with Crippen LogP contribution in [0.3, 0.4) is 0 Å². The zero-order valence-corrected chi connectivity index (χ0v) is 19.8. The van der Waals surface area contributed by atoms with Gasteiger partial charge in [0.2, 0.25) is 0 Å². The van der Waals surface area contributed by atoms with E-state index in [0.717, 1.165) is 11.1 Å². The number of aromatic hydroxyl groups is 4. The Labute approximate surface area is 203 Å². The maximum absolute atomic E-state index is 11.3. The number of ether oxygens (including phenoxy) is 3. The highest BCUT2D eigenvalue weighted by molar-refractivity contribution is 5.89. The van der Waals surface area contributed by atoms with E-state index in [9.17, 15) is 20.4 Å². The molecule has 0 radical (unpaired) electrons. The van der Waals surface area contributed by atoms with Crippen molar-refractivity contribution in [2.45, 2.75) is 13.8 Å². The standard InChI is InChI=1S/C28H26O7/c1-15-11-17(29)5-8-20(15)22-14-25(35-19-7-10-23(31)24(13-19)33-3)26(28(34-4)27(22)32)21-9-6-18(30)12-16(21)2/h5-14,29-32H,1-4H3. The summed E-state index contributed by atoms with van der Waals surface area (Å²) in [4.78, 5) is 0. The van der Waals surface area contributed by atoms with E-state index >= 15 is 0 Å². The highest BCUT2D eigenvalue weighted by Gasteiger charge is 2.24. The second kappa shape index (κ2) is 9.38. The van der Waals surface area contributed by atoms with Crippen LogP contribution < -0.4 is 14.2 Å². The lowest BCUT2D eigenvalue weighted by molar-refractivity contribution is 0.367. The summed E-state index contributed by atoms with van der Waals surface area (Å²) >= 11 is 0. The molecule has 0 aliphatic heterocycles. The summed E-state index contributed by atoms with van der Waals surface area (Å²) in [5.74, 6) is 1.27. The molecule has 4 rings (SSSR count). The highest BCUT2D eigenvalue weighted by atomic mass is 16.5. The Morgan fingerprint density at radius 3 is 1.80 bits per heavy atom. The molecule has 0 saturated heterocycles. The van der Waals surface area contributed by atoms with Gasteiger partial charge in [-0.3, -0.25) is 0 Å². The molecule has 7 nitrogen and oxygen atoms in total. The molecule has 0 atom stereocenters. The van der Waals surface area contributed by atoms with Gasteiger partial charge in [0.1, 0.15) is 23.0 Å². The average Bonchev–Trinajstić information content (AvgIpc) is 2.81. The van der Waals surface area contributed by atoms with Crippen molar-refractivity contribution in [1.82, 2.24) is 0 Å². The number of phenolic OH excluding ortho intramolecular Hbond substituents is 4. The van der Waals surface area contributed by atoms with E-state index in [-0.39, 0.29) is 34.5 Å². The molecule has 4 aromatic rings. The van der Waals surface area contributed by atoms with Gasteiger partial charge in [-0.25, -0.2) is 0 Å². The van der Waals surface area contributed by atoms with Crippen LogP contribution >= 0.6 is 0 Å². The molecule has 4 aromatic carbocycles. The first-order valence-electron chi connectivity index (χ1n) is 10.8. The Bertz CT molecular complexity index is 1410. The SMILES string of the molecule is COc1cc(Oc2cc(-c3ccc(O)cc3C)c(O)c(OC)c2-c2ccc(O)cc2C)ccc1O. The van der Waals surface area contributed by atoms with Crippen LogP contribution in [0, 0.1) is 13.8 Å². The van der Waals surface area contributed by atoms with E-state index in [1.165, 1.54) is 26.4 Å². The summed E-state index contributed by atoms with van der Waals surface area (Å²) in [6.07, 6.45) is 0. The molecule has 0 saturated carbocycles. The summed E-state index contributed by atoms with van der Waals surface area (Å²) in [6, 6.07) is 16.0. The number of aryl methyl sites for hydroxylation is 2. The minimum absolute atomic E-state index is 0.0295. The van der Waals surface area contributed by atoms with Crippen molar-refractivity contribution in [1.29, 1.82) is 0 Å². The molecule has 0 spiro atoms. The van der Waals surface area contributed by atoms with Crippen molar-refractivity contribution < 1.29 is 34.6 Å². The summed E-state index contributed by atoms with van der Waals surface area (Å²) in [6.45, 7) is 3.65. The molecule has 0 heterocycles. The van der Waals surface area contributed by atoms with Crippen LogP contribution in [0.4, 0.5) is 0 Å². The van der Waals surface area contributed by atoms with Gasteiger partial charge >= 0.3 is 0 Å². The Balaban J connectivity index is 2.01. The third kappa shape index (κ3) is 4.48. The molecule has 0 aliphatic carbocycles. The first-order chi connectivity index (χ1) is 16.7. The third-order valence-electron chi connectivity index (χ3n) is 5.78. The molecule has 0 amide bonds. The quantitative estimate of drug-likeness (QED) is 0.261. The van der Waals surface area contributed by atoms with Crippen molar-refractivity contribution in [3.8, 4) is 68.2 Å². The second-order valence-electron chi connectivity index (χ2n) is 8.11. The van der Waals surface area contributed by atoms with Gasteiger partial charge in [-0.1, -0.05) is 12.1 Å². The smallest absolute Gasteiger partial charge is 0.172 e. The number of hydrogen-bond acceptors (Lipinski definition) is 7. The van der Waals surface area contributed by atoms with Crippen molar-refractivity contribution in [2.75, 3.05) is 14.2 Å². The van der Waals surface area contributed by atoms with Gasteiger partial charge in [-0.15, -0.1) is 0 Å². The first kappa shape index (κ1) is 23.6. The molecular formula is C28H26O7. The minimum Gasteiger partial charge on any atom is -0.508 e. The Kier molecular flexibility index (Phi) is 6.34. The molecule has 0 aromatic heterocycles. The molecule has 0 fully saturated rings. The average molecular weight is 475 g/mol. The van der Waals surface area contributed by atoms with E-state index in [4.69, 9.17) is 14.2 Å². The Hall–Kier alpha value is -4.52. The molecule has 7 heteroatoms. The summed E-state index contributed by atoms with van der Waals surface area (Å²) in [5.41, 5.74) is 3.78. The second-order valence-corrected chi connectivity index (χ2v) is 8.11. The van der Waals surface area contributed by atoms with Crippen LogP contribution in [0.15, 0.2) is 60.7 Å². The molecule has 35 heavy (non-hydrogen) atoms. The van der Waals surface area contributed by atoms with Crippen LogP contribution in [0.25, 0.3) is 22.3 Å². The van der Waals surface area contributed by atoms with E-state index in [0.29, 0.717) is 33.8 Å². The van der Waals surface area contributed by atoms with Crippen molar-refractivity contribution in [3.63, 3.8) is 0 Å². The van der Waals surface area contributed by atoms with Gasteiger partial charge in [0.25, 0.3) is 0 Å². The summed E-state index contributed by atoms with van der Waals surface area (Å²) < 4.78 is 17.2. The number of phenols is 4. The normalized spacial score (nSPS) is 10.7. The van der Waals surface area contributed by atoms with Gasteiger partial charge in [-0.2, -0.15) is 0 Å². The van der Waals surface area contributed by atoms with Crippen molar-refractivity contribution >= 4 is 0 Å². The van der Waals surface area contributed by atoms with E-state index in [2.05, 4.69) is 0 Å². The van der Waals surface area contributed by atoms with Crippen LogP contribution in [0.1, 0.15) is 11.1 Å². The molecular weight excluding hydrogens is 448 g/mol. The third-order valence-corrected chi connectivity index (χ3v) is 5.78. The summed E-state index contributed by atoms with van der Waals surface area (Å²) in [5, 5.41) is 41.1. The zero-order chi connectivity index (χ0) is 25.3. The molecule has 4 N–H and O–H groups in total. The Morgan fingerprint density at radius 2 is 1.23 bits per heavy atom. The predicted octanol–water partition coefficient (Wildman–Crippen LogP) is 6.27. The number of rotatable bonds is 6. The largest absolute Gasteiger partial charge is 0.508 e. The summed E-state index contributed by atoms with van der Waals surface area (Å²) in [7, 11) is 2.90. The fourth-order valence-electron chi connectivity index (χ4n) is 4.09. The lowest BCUT2D eigenvalue weighted by Crippen LogP contribution is -1.98. The number of benzene rings is 4. The molecule has 180 valence electrons. The van der Waals surface area contributed by atoms with Gasteiger partial charge in [0.15, 0.2) is 23.0 Å². The van der Waals surface area contributed by atoms with Crippen molar-refractivity contribution in [2.24, 2.45) is 0 Å². The number of hydrogen-bond donors (Lipinski definition) is 4. The molecule has 0 aliphatic rings. The number of methoxy groups -OCH3 is 2. The fourth-order valence-corrected chi connectivity index (χ4v) is 4.09. The highest BCUT2D eigenvalue weighted by Crippen LogP contribution is 2.52. The van der Waals surface area contributed by atoms with E-state index in [1.807, 2.05) is 13.8 Å². The van der Waals surface area contributed by atoms with Crippen LogP contribution in [0.2, 0.25) is 0 Å². The van der Waals surface area contributed by atoms with Gasteiger partial charge in [-0.05, 0) is 78.6 Å². The maximum atomic E-state index is 11.3.